The first kappa shape index (κ1) is 14.4. The van der Waals surface area contributed by atoms with Crippen molar-refractivity contribution in [2.75, 3.05) is 11.5 Å². The largest absolute Gasteiger partial charge is 0.480 e. The molecule has 3 unspecified atom stereocenters. The smallest absolute Gasteiger partial charge is 0.320 e. The van der Waals surface area contributed by atoms with Crippen molar-refractivity contribution < 1.29 is 23.4 Å². The van der Waals surface area contributed by atoms with Gasteiger partial charge in [-0.2, -0.15) is 0 Å². The van der Waals surface area contributed by atoms with E-state index in [4.69, 9.17) is 5.11 Å². The van der Waals surface area contributed by atoms with E-state index in [0.717, 1.165) is 0 Å². The molecule has 17 heavy (non-hydrogen) atoms. The van der Waals surface area contributed by atoms with Crippen molar-refractivity contribution in [3.63, 3.8) is 0 Å². The summed E-state index contributed by atoms with van der Waals surface area (Å²) in [6.07, 6.45) is -0.618. The molecule has 100 valence electrons. The SMILES string of the molecule is CC(C)CC(NC1CS(=O)(=O)CC1O)C(=O)O. The van der Waals surface area contributed by atoms with Crippen LogP contribution in [0.5, 0.6) is 0 Å². The van der Waals surface area contributed by atoms with Crippen LogP contribution in [0, 0.1) is 5.92 Å². The van der Waals surface area contributed by atoms with Crippen molar-refractivity contribution in [3.05, 3.63) is 0 Å². The van der Waals surface area contributed by atoms with Gasteiger partial charge in [-0.1, -0.05) is 13.8 Å². The van der Waals surface area contributed by atoms with E-state index in [2.05, 4.69) is 5.32 Å². The van der Waals surface area contributed by atoms with Crippen LogP contribution in [-0.2, 0) is 14.6 Å². The molecule has 1 aliphatic rings. The Morgan fingerprint density at radius 1 is 1.41 bits per heavy atom. The average molecular weight is 265 g/mol. The molecule has 1 rings (SSSR count). The third-order valence-electron chi connectivity index (χ3n) is 2.74. The first-order valence-electron chi connectivity index (χ1n) is 5.58. The number of rotatable bonds is 5. The zero-order chi connectivity index (χ0) is 13.2. The molecule has 0 radical (unpaired) electrons. The van der Waals surface area contributed by atoms with E-state index < -0.39 is 34.0 Å². The van der Waals surface area contributed by atoms with Crippen molar-refractivity contribution in [1.29, 1.82) is 0 Å². The molecule has 0 spiro atoms. The number of nitrogens with one attached hydrogen (secondary N) is 1. The second-order valence-electron chi connectivity index (χ2n) is 4.94. The van der Waals surface area contributed by atoms with Crippen LogP contribution in [0.1, 0.15) is 20.3 Å². The van der Waals surface area contributed by atoms with Gasteiger partial charge in [-0.25, -0.2) is 8.42 Å². The molecule has 0 amide bonds. The van der Waals surface area contributed by atoms with Crippen molar-refractivity contribution in [2.45, 2.75) is 38.5 Å². The first-order valence-corrected chi connectivity index (χ1v) is 7.41. The highest BCUT2D eigenvalue weighted by atomic mass is 32.2. The second-order valence-corrected chi connectivity index (χ2v) is 7.09. The second kappa shape index (κ2) is 5.32. The van der Waals surface area contributed by atoms with Crippen LogP contribution in [0.15, 0.2) is 0 Å². The van der Waals surface area contributed by atoms with Gasteiger partial charge in [-0.3, -0.25) is 10.1 Å². The van der Waals surface area contributed by atoms with E-state index in [9.17, 15) is 18.3 Å². The quantitative estimate of drug-likeness (QED) is 0.603. The summed E-state index contributed by atoms with van der Waals surface area (Å²) in [5.74, 6) is -1.33. The predicted octanol–water partition coefficient (Wildman–Crippen LogP) is -0.767. The summed E-state index contributed by atoms with van der Waals surface area (Å²) in [6.45, 7) is 3.78. The van der Waals surface area contributed by atoms with E-state index in [0.29, 0.717) is 6.42 Å². The summed E-state index contributed by atoms with van der Waals surface area (Å²) in [4.78, 5) is 11.0. The normalized spacial score (nSPS) is 29.4. The van der Waals surface area contributed by atoms with Gasteiger partial charge in [0.2, 0.25) is 0 Å². The molecular weight excluding hydrogens is 246 g/mol. The third kappa shape index (κ3) is 4.25. The predicted molar refractivity (Wildman–Crippen MR) is 62.5 cm³/mol. The Morgan fingerprint density at radius 3 is 2.35 bits per heavy atom. The van der Waals surface area contributed by atoms with Crippen LogP contribution >= 0.6 is 0 Å². The fraction of sp³-hybridized carbons (Fsp3) is 0.900. The molecule has 0 aromatic rings. The lowest BCUT2D eigenvalue weighted by molar-refractivity contribution is -0.140. The molecule has 0 aromatic carbocycles. The Morgan fingerprint density at radius 2 is 2.00 bits per heavy atom. The van der Waals surface area contributed by atoms with Crippen LogP contribution in [0.3, 0.4) is 0 Å². The number of aliphatic carboxylic acids is 1. The van der Waals surface area contributed by atoms with Gasteiger partial charge < -0.3 is 10.2 Å². The molecule has 1 saturated heterocycles. The number of aliphatic hydroxyl groups excluding tert-OH is 1. The fourth-order valence-corrected chi connectivity index (χ4v) is 3.71. The standard InChI is InChI=1S/C10H19NO5S/c1-6(2)3-7(10(13)14)11-8-4-17(15,16)5-9(8)12/h6-9,11-12H,3-5H2,1-2H3,(H,13,14). The average Bonchev–Trinajstić information content (AvgIpc) is 2.37. The third-order valence-corrected chi connectivity index (χ3v) is 4.46. The summed E-state index contributed by atoms with van der Waals surface area (Å²) >= 11 is 0. The van der Waals surface area contributed by atoms with E-state index in [1.807, 2.05) is 13.8 Å². The summed E-state index contributed by atoms with van der Waals surface area (Å²) in [5.41, 5.74) is 0. The molecule has 0 aliphatic carbocycles. The van der Waals surface area contributed by atoms with Crippen LogP contribution in [0.4, 0.5) is 0 Å². The van der Waals surface area contributed by atoms with Crippen LogP contribution in [-0.4, -0.2) is 54.3 Å². The highest BCUT2D eigenvalue weighted by Crippen LogP contribution is 2.15. The minimum absolute atomic E-state index is 0.179. The Bertz CT molecular complexity index is 378. The van der Waals surface area contributed by atoms with Gasteiger partial charge in [0, 0.05) is 6.04 Å². The molecule has 6 nitrogen and oxygen atoms in total. The van der Waals surface area contributed by atoms with Gasteiger partial charge in [0.25, 0.3) is 0 Å². The first-order chi connectivity index (χ1) is 7.71. The number of aliphatic hydroxyl groups is 1. The summed E-state index contributed by atoms with van der Waals surface area (Å²) in [5, 5.41) is 21.3. The van der Waals surface area contributed by atoms with Gasteiger partial charge in [-0.15, -0.1) is 0 Å². The Hall–Kier alpha value is -0.660. The van der Waals surface area contributed by atoms with Crippen molar-refractivity contribution in [3.8, 4) is 0 Å². The van der Waals surface area contributed by atoms with E-state index in [1.165, 1.54) is 0 Å². The number of sulfone groups is 1. The van der Waals surface area contributed by atoms with Crippen molar-refractivity contribution in [2.24, 2.45) is 5.92 Å². The molecule has 3 atom stereocenters. The maximum Gasteiger partial charge on any atom is 0.320 e. The van der Waals surface area contributed by atoms with Gasteiger partial charge in [-0.05, 0) is 12.3 Å². The van der Waals surface area contributed by atoms with Crippen LogP contribution < -0.4 is 5.32 Å². The van der Waals surface area contributed by atoms with Crippen molar-refractivity contribution >= 4 is 15.8 Å². The number of hydrogen-bond acceptors (Lipinski definition) is 5. The van der Waals surface area contributed by atoms with E-state index in [1.54, 1.807) is 0 Å². The zero-order valence-corrected chi connectivity index (χ0v) is 10.8. The fourth-order valence-electron chi connectivity index (χ4n) is 1.96. The lowest BCUT2D eigenvalue weighted by atomic mass is 10.0. The lowest BCUT2D eigenvalue weighted by Gasteiger charge is -2.22. The molecule has 0 bridgehead atoms. The molecule has 7 heteroatoms. The molecular formula is C10H19NO5S. The van der Waals surface area contributed by atoms with Gasteiger partial charge in [0.1, 0.15) is 6.04 Å². The molecule has 3 N–H and O–H groups in total. The lowest BCUT2D eigenvalue weighted by Crippen LogP contribution is -2.49. The maximum atomic E-state index is 11.3. The molecule has 0 aromatic heterocycles. The molecule has 1 fully saturated rings. The Kier molecular flexibility index (Phi) is 4.51. The zero-order valence-electron chi connectivity index (χ0n) is 9.96. The highest BCUT2D eigenvalue weighted by Gasteiger charge is 2.38. The Balaban J connectivity index is 2.65. The number of carboxylic acids is 1. The molecule has 1 heterocycles. The number of hydrogen-bond donors (Lipinski definition) is 3. The van der Waals surface area contributed by atoms with Crippen LogP contribution in [0.2, 0.25) is 0 Å². The van der Waals surface area contributed by atoms with Crippen molar-refractivity contribution in [1.82, 2.24) is 5.32 Å². The highest BCUT2D eigenvalue weighted by molar-refractivity contribution is 7.91. The maximum absolute atomic E-state index is 11.3. The molecule has 1 aliphatic heterocycles. The summed E-state index contributed by atoms with van der Waals surface area (Å²) in [7, 11) is -3.25. The number of carbonyl (C=O) groups is 1. The number of carboxylic acid groups (broad SMARTS) is 1. The van der Waals surface area contributed by atoms with Gasteiger partial charge in [0.05, 0.1) is 17.6 Å². The van der Waals surface area contributed by atoms with Crippen LogP contribution in [0.25, 0.3) is 0 Å². The topological polar surface area (TPSA) is 104 Å². The van der Waals surface area contributed by atoms with E-state index >= 15 is 0 Å². The summed E-state index contributed by atoms with van der Waals surface area (Å²) in [6, 6.07) is -1.50. The minimum atomic E-state index is -3.25. The minimum Gasteiger partial charge on any atom is -0.480 e. The Labute approximate surface area is 101 Å². The van der Waals surface area contributed by atoms with Gasteiger partial charge >= 0.3 is 5.97 Å². The molecule has 0 saturated carbocycles. The monoisotopic (exact) mass is 265 g/mol. The van der Waals surface area contributed by atoms with E-state index in [-0.39, 0.29) is 17.4 Å². The van der Waals surface area contributed by atoms with Gasteiger partial charge in [0.15, 0.2) is 9.84 Å². The summed E-state index contributed by atoms with van der Waals surface area (Å²) < 4.78 is 22.6.